The maximum atomic E-state index is 12.1. The first kappa shape index (κ1) is 13.1. The van der Waals surface area contributed by atoms with Crippen molar-refractivity contribution in [3.8, 4) is 10.6 Å². The molecule has 0 amide bonds. The van der Waals surface area contributed by atoms with E-state index in [4.69, 9.17) is 0 Å². The monoisotopic (exact) mass is 289 g/mol. The van der Waals surface area contributed by atoms with E-state index in [1.807, 2.05) is 0 Å². The van der Waals surface area contributed by atoms with Gasteiger partial charge in [0.25, 0.3) is 0 Å². The Balaban J connectivity index is 2.19. The maximum Gasteiger partial charge on any atom is 0.446 e. The van der Waals surface area contributed by atoms with E-state index < -0.39 is 5.51 Å². The van der Waals surface area contributed by atoms with Gasteiger partial charge in [0.2, 0.25) is 0 Å². The van der Waals surface area contributed by atoms with Crippen molar-refractivity contribution in [1.29, 1.82) is 0 Å². The van der Waals surface area contributed by atoms with E-state index in [1.165, 1.54) is 29.7 Å². The molecule has 18 heavy (non-hydrogen) atoms. The Kier molecular flexibility index (Phi) is 3.72. The third-order valence-corrected chi connectivity index (χ3v) is 3.69. The van der Waals surface area contributed by atoms with Gasteiger partial charge >= 0.3 is 5.51 Å². The van der Waals surface area contributed by atoms with Crippen LogP contribution in [0.3, 0.4) is 0 Å². The van der Waals surface area contributed by atoms with Gasteiger partial charge in [-0.15, -0.1) is 11.3 Å². The fraction of sp³-hybridized carbons (Fsp3) is 0.0909. The van der Waals surface area contributed by atoms with Gasteiger partial charge in [-0.05, 0) is 23.9 Å². The summed E-state index contributed by atoms with van der Waals surface area (Å²) in [6, 6.07) is 5.88. The van der Waals surface area contributed by atoms with Crippen molar-refractivity contribution in [1.82, 2.24) is 4.98 Å². The molecule has 0 bridgehead atoms. The van der Waals surface area contributed by atoms with Gasteiger partial charge in [0.05, 0.1) is 4.88 Å². The molecule has 0 aliphatic carbocycles. The van der Waals surface area contributed by atoms with Crippen molar-refractivity contribution in [2.24, 2.45) is 0 Å². The van der Waals surface area contributed by atoms with Crippen molar-refractivity contribution in [2.45, 2.75) is 10.4 Å². The second kappa shape index (κ2) is 5.11. The zero-order chi connectivity index (χ0) is 13.2. The normalized spacial score (nSPS) is 11.5. The van der Waals surface area contributed by atoms with Crippen LogP contribution in [0.15, 0.2) is 35.4 Å². The number of thiazole rings is 1. The van der Waals surface area contributed by atoms with Gasteiger partial charge in [-0.3, -0.25) is 4.79 Å². The minimum absolute atomic E-state index is 0.124. The zero-order valence-electron chi connectivity index (χ0n) is 8.77. The molecular weight excluding hydrogens is 283 g/mol. The molecule has 0 radical (unpaired) electrons. The average molecular weight is 289 g/mol. The molecule has 0 fully saturated rings. The number of thioether (sulfide) groups is 1. The first-order valence-electron chi connectivity index (χ1n) is 4.75. The van der Waals surface area contributed by atoms with E-state index in [-0.39, 0.29) is 16.7 Å². The summed E-state index contributed by atoms with van der Waals surface area (Å²) in [5, 5.41) is 0.612. The Morgan fingerprint density at radius 1 is 1.22 bits per heavy atom. The maximum absolute atomic E-state index is 12.1. The van der Waals surface area contributed by atoms with Gasteiger partial charge in [-0.2, -0.15) is 13.2 Å². The number of nitrogens with zero attached hydrogens (tertiary/aromatic N) is 1. The Morgan fingerprint density at radius 3 is 2.39 bits per heavy atom. The average Bonchev–Trinajstić information content (AvgIpc) is 2.76. The lowest BCUT2D eigenvalue weighted by Crippen LogP contribution is -1.98. The standard InChI is InChI=1S/C11H6F3NOS2/c12-11(13,14)18-8-3-1-7(2-4-8)10-15-5-9(6-16)17-10/h1-6H. The van der Waals surface area contributed by atoms with Crippen LogP contribution < -0.4 is 0 Å². The molecule has 0 unspecified atom stereocenters. The number of halogens is 3. The van der Waals surface area contributed by atoms with Crippen LogP contribution in [0.4, 0.5) is 13.2 Å². The third-order valence-electron chi connectivity index (χ3n) is 1.97. The van der Waals surface area contributed by atoms with E-state index in [9.17, 15) is 18.0 Å². The SMILES string of the molecule is O=Cc1cnc(-c2ccc(SC(F)(F)F)cc2)s1. The van der Waals surface area contributed by atoms with Crippen molar-refractivity contribution >= 4 is 29.4 Å². The predicted molar refractivity (Wildman–Crippen MR) is 64.8 cm³/mol. The van der Waals surface area contributed by atoms with E-state index in [0.29, 0.717) is 21.7 Å². The molecule has 1 aromatic carbocycles. The third kappa shape index (κ3) is 3.33. The minimum Gasteiger partial charge on any atom is -0.297 e. The van der Waals surface area contributed by atoms with Gasteiger partial charge in [0.1, 0.15) is 5.01 Å². The summed E-state index contributed by atoms with van der Waals surface area (Å²) in [7, 11) is 0. The molecule has 94 valence electrons. The Bertz CT molecular complexity index is 548. The molecule has 0 atom stereocenters. The van der Waals surface area contributed by atoms with Crippen molar-refractivity contribution in [3.63, 3.8) is 0 Å². The lowest BCUT2D eigenvalue weighted by molar-refractivity contribution is -0.0328. The topological polar surface area (TPSA) is 30.0 Å². The molecular formula is C11H6F3NOS2. The fourth-order valence-corrected chi connectivity index (χ4v) is 2.55. The summed E-state index contributed by atoms with van der Waals surface area (Å²) in [5.41, 5.74) is -3.59. The van der Waals surface area contributed by atoms with E-state index in [1.54, 1.807) is 12.1 Å². The molecule has 1 aromatic heterocycles. The lowest BCUT2D eigenvalue weighted by atomic mass is 10.2. The molecule has 0 saturated carbocycles. The summed E-state index contributed by atoms with van der Waals surface area (Å²) in [5.74, 6) is 0. The second-order valence-corrected chi connectivity index (χ2v) is 5.46. The summed E-state index contributed by atoms with van der Waals surface area (Å²) in [6.07, 6.45) is 2.13. The highest BCUT2D eigenvalue weighted by Gasteiger charge is 2.29. The number of carbonyl (C=O) groups is 1. The molecule has 0 spiro atoms. The van der Waals surface area contributed by atoms with E-state index in [0.717, 1.165) is 0 Å². The first-order chi connectivity index (χ1) is 8.48. The number of benzene rings is 1. The van der Waals surface area contributed by atoms with Crippen LogP contribution in [0.5, 0.6) is 0 Å². The summed E-state index contributed by atoms with van der Waals surface area (Å²) in [6.45, 7) is 0. The lowest BCUT2D eigenvalue weighted by Gasteiger charge is -2.05. The minimum atomic E-state index is -4.28. The Morgan fingerprint density at radius 2 is 1.89 bits per heavy atom. The van der Waals surface area contributed by atoms with Crippen LogP contribution in [0, 0.1) is 0 Å². The summed E-state index contributed by atoms with van der Waals surface area (Å²) in [4.78, 5) is 15.1. The number of rotatable bonds is 3. The first-order valence-corrected chi connectivity index (χ1v) is 6.38. The number of hydrogen-bond donors (Lipinski definition) is 0. The van der Waals surface area contributed by atoms with E-state index >= 15 is 0 Å². The molecule has 0 aliphatic rings. The van der Waals surface area contributed by atoms with Crippen LogP contribution in [-0.2, 0) is 0 Å². The van der Waals surface area contributed by atoms with Gasteiger partial charge in [0, 0.05) is 16.7 Å². The molecule has 2 aromatic rings. The van der Waals surface area contributed by atoms with E-state index in [2.05, 4.69) is 4.98 Å². The van der Waals surface area contributed by atoms with Gasteiger partial charge < -0.3 is 0 Å². The number of hydrogen-bond acceptors (Lipinski definition) is 4. The van der Waals surface area contributed by atoms with Crippen LogP contribution in [0.1, 0.15) is 9.67 Å². The van der Waals surface area contributed by atoms with Crippen molar-refractivity contribution in [2.75, 3.05) is 0 Å². The number of alkyl halides is 3. The zero-order valence-corrected chi connectivity index (χ0v) is 10.4. The van der Waals surface area contributed by atoms with Crippen molar-refractivity contribution < 1.29 is 18.0 Å². The van der Waals surface area contributed by atoms with Crippen LogP contribution >= 0.6 is 23.1 Å². The molecule has 0 saturated heterocycles. The molecule has 2 rings (SSSR count). The highest BCUT2D eigenvalue weighted by atomic mass is 32.2. The largest absolute Gasteiger partial charge is 0.446 e. The molecule has 1 heterocycles. The quantitative estimate of drug-likeness (QED) is 0.625. The summed E-state index contributed by atoms with van der Waals surface area (Å²) >= 11 is 1.04. The Hall–Kier alpha value is -1.34. The van der Waals surface area contributed by atoms with Crippen LogP contribution in [-0.4, -0.2) is 16.8 Å². The van der Waals surface area contributed by atoms with Gasteiger partial charge in [-0.25, -0.2) is 4.98 Å². The molecule has 2 nitrogen and oxygen atoms in total. The molecule has 7 heteroatoms. The smallest absolute Gasteiger partial charge is 0.297 e. The van der Waals surface area contributed by atoms with Crippen LogP contribution in [0.2, 0.25) is 0 Å². The number of aldehydes is 1. The highest BCUT2D eigenvalue weighted by molar-refractivity contribution is 8.00. The van der Waals surface area contributed by atoms with Gasteiger partial charge in [-0.1, -0.05) is 12.1 Å². The fourth-order valence-electron chi connectivity index (χ4n) is 1.27. The number of carbonyl (C=O) groups excluding carboxylic acids is 1. The predicted octanol–water partition coefficient (Wildman–Crippen LogP) is 4.23. The van der Waals surface area contributed by atoms with Crippen molar-refractivity contribution in [3.05, 3.63) is 35.3 Å². The number of aromatic nitrogens is 1. The highest BCUT2D eigenvalue weighted by Crippen LogP contribution is 2.37. The summed E-state index contributed by atoms with van der Waals surface area (Å²) < 4.78 is 36.4. The van der Waals surface area contributed by atoms with Crippen LogP contribution in [0.25, 0.3) is 10.6 Å². The Labute approximate surface area is 109 Å². The molecule has 0 N–H and O–H groups in total. The second-order valence-electron chi connectivity index (χ2n) is 3.26. The van der Waals surface area contributed by atoms with Gasteiger partial charge in [0.15, 0.2) is 6.29 Å². The molecule has 0 aliphatic heterocycles.